The molecule has 3 aromatic rings. The smallest absolute Gasteiger partial charge is 0.338 e. The normalized spacial score (nSPS) is 10.6. The maximum absolute atomic E-state index is 15.0. The maximum atomic E-state index is 15.0. The van der Waals surface area contributed by atoms with Crippen LogP contribution in [0.4, 0.5) is 8.78 Å². The highest BCUT2D eigenvalue weighted by atomic mass is 19.1. The number of esters is 2. The fourth-order valence-electron chi connectivity index (χ4n) is 3.80. The zero-order valence-corrected chi connectivity index (χ0v) is 24.7. The first-order valence-corrected chi connectivity index (χ1v) is 13.9. The summed E-state index contributed by atoms with van der Waals surface area (Å²) in [5.41, 5.74) is 2.53. The molecule has 0 bridgehead atoms. The van der Waals surface area contributed by atoms with Crippen LogP contribution >= 0.6 is 0 Å². The summed E-state index contributed by atoms with van der Waals surface area (Å²) in [6.07, 6.45) is 0.993. The molecule has 43 heavy (non-hydrogen) atoms. The Morgan fingerprint density at radius 1 is 0.674 bits per heavy atom. The van der Waals surface area contributed by atoms with E-state index in [1.54, 1.807) is 37.3 Å². The maximum Gasteiger partial charge on any atom is 0.338 e. The van der Waals surface area contributed by atoms with Gasteiger partial charge < -0.3 is 23.7 Å². The van der Waals surface area contributed by atoms with Crippen molar-refractivity contribution in [3.63, 3.8) is 0 Å². The summed E-state index contributed by atoms with van der Waals surface area (Å²) in [4.78, 5) is 23.7. The summed E-state index contributed by atoms with van der Waals surface area (Å²) in [7, 11) is 0. The third-order valence-corrected chi connectivity index (χ3v) is 6.02. The van der Waals surface area contributed by atoms with Gasteiger partial charge in [-0.15, -0.1) is 0 Å². The first-order chi connectivity index (χ1) is 20.6. The highest BCUT2D eigenvalue weighted by Gasteiger charge is 2.14. The monoisotopic (exact) mass is 594 g/mol. The van der Waals surface area contributed by atoms with Gasteiger partial charge in [0.1, 0.15) is 5.75 Å². The molecule has 0 aromatic heterocycles. The van der Waals surface area contributed by atoms with Crippen molar-refractivity contribution in [1.82, 2.24) is 0 Å². The van der Waals surface area contributed by atoms with Gasteiger partial charge in [-0.05, 0) is 85.5 Å². The van der Waals surface area contributed by atoms with Gasteiger partial charge in [-0.2, -0.15) is 0 Å². The molecule has 228 valence electrons. The SMILES string of the molecule is C=C(C)C(=O)OCCCOc1ccc(-c2cc(OC(=O)C(=C)C)cc(-c3ccc(OCCCOCC)c(F)c3)c2)cc1F. The summed E-state index contributed by atoms with van der Waals surface area (Å²) in [5.74, 6) is -1.97. The van der Waals surface area contributed by atoms with Gasteiger partial charge in [-0.1, -0.05) is 25.3 Å². The molecule has 0 unspecified atom stereocenters. The number of rotatable bonds is 16. The Bertz CT molecular complexity index is 1470. The summed E-state index contributed by atoms with van der Waals surface area (Å²) >= 11 is 0. The van der Waals surface area contributed by atoms with Crippen LogP contribution in [-0.4, -0.2) is 45.0 Å². The molecule has 9 heteroatoms. The summed E-state index contributed by atoms with van der Waals surface area (Å²) < 4.78 is 56.7. The molecule has 0 heterocycles. The van der Waals surface area contributed by atoms with E-state index in [2.05, 4.69) is 13.2 Å². The van der Waals surface area contributed by atoms with Crippen LogP contribution in [0.3, 0.4) is 0 Å². The second-order valence-electron chi connectivity index (χ2n) is 9.72. The Kier molecular flexibility index (Phi) is 12.5. The van der Waals surface area contributed by atoms with Crippen LogP contribution < -0.4 is 14.2 Å². The van der Waals surface area contributed by atoms with E-state index in [1.807, 2.05) is 6.92 Å². The zero-order chi connectivity index (χ0) is 31.4. The number of carbonyl (C=O) groups excluding carboxylic acids is 2. The number of ether oxygens (including phenoxy) is 5. The molecular weight excluding hydrogens is 558 g/mol. The fourth-order valence-corrected chi connectivity index (χ4v) is 3.80. The average Bonchev–Trinajstić information content (AvgIpc) is 2.97. The molecule has 0 aliphatic carbocycles. The number of halogens is 2. The van der Waals surface area contributed by atoms with E-state index in [0.717, 1.165) is 0 Å². The first kappa shape index (κ1) is 33.0. The minimum Gasteiger partial charge on any atom is -0.490 e. The molecule has 0 saturated carbocycles. The van der Waals surface area contributed by atoms with Crippen LogP contribution in [0.2, 0.25) is 0 Å². The highest BCUT2D eigenvalue weighted by molar-refractivity contribution is 5.89. The lowest BCUT2D eigenvalue weighted by atomic mass is 9.98. The number of hydrogen-bond donors (Lipinski definition) is 0. The molecule has 0 radical (unpaired) electrons. The van der Waals surface area contributed by atoms with E-state index in [-0.39, 0.29) is 36.0 Å². The van der Waals surface area contributed by atoms with Crippen molar-refractivity contribution in [2.45, 2.75) is 33.6 Å². The topological polar surface area (TPSA) is 80.3 Å². The number of carbonyl (C=O) groups is 2. The van der Waals surface area contributed by atoms with Gasteiger partial charge in [-0.3, -0.25) is 0 Å². The van der Waals surface area contributed by atoms with Gasteiger partial charge in [0, 0.05) is 37.2 Å². The Balaban J connectivity index is 1.81. The Labute approximate surface area is 250 Å². The Morgan fingerprint density at radius 3 is 1.65 bits per heavy atom. The van der Waals surface area contributed by atoms with E-state index in [4.69, 9.17) is 23.7 Å². The molecule has 7 nitrogen and oxygen atoms in total. The van der Waals surface area contributed by atoms with Gasteiger partial charge in [-0.25, -0.2) is 18.4 Å². The van der Waals surface area contributed by atoms with Crippen molar-refractivity contribution in [3.8, 4) is 39.5 Å². The van der Waals surface area contributed by atoms with Crippen molar-refractivity contribution in [2.75, 3.05) is 33.0 Å². The Morgan fingerprint density at radius 2 is 1.19 bits per heavy atom. The molecule has 3 aromatic carbocycles. The fraction of sp³-hybridized carbons (Fsp3) is 0.294. The van der Waals surface area contributed by atoms with Crippen molar-refractivity contribution in [2.24, 2.45) is 0 Å². The van der Waals surface area contributed by atoms with Gasteiger partial charge in [0.2, 0.25) is 0 Å². The van der Waals surface area contributed by atoms with Crippen LogP contribution in [0, 0.1) is 11.6 Å². The van der Waals surface area contributed by atoms with Gasteiger partial charge in [0.15, 0.2) is 23.1 Å². The average molecular weight is 595 g/mol. The molecule has 0 saturated heterocycles. The lowest BCUT2D eigenvalue weighted by molar-refractivity contribution is -0.139. The molecule has 0 fully saturated rings. The minimum atomic E-state index is -0.631. The molecular formula is C34H36F2O7. The highest BCUT2D eigenvalue weighted by Crippen LogP contribution is 2.35. The van der Waals surface area contributed by atoms with Gasteiger partial charge >= 0.3 is 11.9 Å². The van der Waals surface area contributed by atoms with Crippen LogP contribution in [-0.2, 0) is 19.1 Å². The van der Waals surface area contributed by atoms with Crippen LogP contribution in [0.15, 0.2) is 78.9 Å². The third kappa shape index (κ3) is 10.1. The summed E-state index contributed by atoms with van der Waals surface area (Å²) in [6, 6.07) is 13.9. The van der Waals surface area contributed by atoms with Gasteiger partial charge in [0.25, 0.3) is 0 Å². The Hall–Kier alpha value is -4.50. The van der Waals surface area contributed by atoms with Crippen molar-refractivity contribution < 1.29 is 42.1 Å². The molecule has 0 N–H and O–H groups in total. The van der Waals surface area contributed by atoms with E-state index >= 15 is 0 Å². The molecule has 0 aliphatic heterocycles. The molecule has 0 spiro atoms. The predicted octanol–water partition coefficient (Wildman–Crippen LogP) is 7.47. The van der Waals surface area contributed by atoms with E-state index in [9.17, 15) is 18.4 Å². The second-order valence-corrected chi connectivity index (χ2v) is 9.72. The zero-order valence-electron chi connectivity index (χ0n) is 24.7. The van der Waals surface area contributed by atoms with Crippen molar-refractivity contribution in [3.05, 3.63) is 90.5 Å². The molecule has 0 amide bonds. The van der Waals surface area contributed by atoms with Crippen LogP contribution in [0.1, 0.15) is 33.6 Å². The third-order valence-electron chi connectivity index (χ3n) is 6.02. The van der Waals surface area contributed by atoms with E-state index < -0.39 is 23.6 Å². The summed E-state index contributed by atoms with van der Waals surface area (Å²) in [5, 5.41) is 0. The number of benzene rings is 3. The largest absolute Gasteiger partial charge is 0.490 e. The lowest BCUT2D eigenvalue weighted by Crippen LogP contribution is -2.09. The lowest BCUT2D eigenvalue weighted by Gasteiger charge is -2.13. The molecule has 3 rings (SSSR count). The van der Waals surface area contributed by atoms with Crippen molar-refractivity contribution >= 4 is 11.9 Å². The predicted molar refractivity (Wildman–Crippen MR) is 160 cm³/mol. The molecule has 0 aliphatic rings. The number of hydrogen-bond acceptors (Lipinski definition) is 7. The van der Waals surface area contributed by atoms with Crippen LogP contribution in [0.5, 0.6) is 17.2 Å². The quantitative estimate of drug-likeness (QED) is 0.0736. The van der Waals surface area contributed by atoms with Crippen molar-refractivity contribution in [1.29, 1.82) is 0 Å². The van der Waals surface area contributed by atoms with E-state index in [0.29, 0.717) is 60.5 Å². The summed E-state index contributed by atoms with van der Waals surface area (Å²) in [6.45, 7) is 13.8. The second kappa shape index (κ2) is 16.2. The first-order valence-electron chi connectivity index (χ1n) is 13.9. The standard InChI is InChI=1S/C34H36F2O7/c1-6-39-13-7-14-40-31-11-9-24(20-29(31)35)26-17-27(19-28(18-26)43-34(38)23(4)5)25-10-12-32(30(36)21-25)41-15-8-16-42-33(37)22(2)3/h9-12,17-21H,2,4,6-8,13-16H2,1,3,5H3. The van der Waals surface area contributed by atoms with Crippen LogP contribution in [0.25, 0.3) is 22.3 Å². The van der Waals surface area contributed by atoms with Gasteiger partial charge in [0.05, 0.1) is 19.8 Å². The molecule has 0 atom stereocenters. The van der Waals surface area contributed by atoms with E-state index in [1.165, 1.54) is 31.2 Å². The minimum absolute atomic E-state index is 0.0268.